The second-order valence-corrected chi connectivity index (χ2v) is 6.21. The van der Waals surface area contributed by atoms with Crippen molar-refractivity contribution in [1.82, 2.24) is 0 Å². The van der Waals surface area contributed by atoms with E-state index in [-0.39, 0.29) is 30.8 Å². The van der Waals surface area contributed by atoms with E-state index in [1.165, 1.54) is 0 Å². The van der Waals surface area contributed by atoms with Crippen LogP contribution in [0.3, 0.4) is 0 Å². The van der Waals surface area contributed by atoms with Crippen LogP contribution >= 0.6 is 0 Å². The van der Waals surface area contributed by atoms with Crippen molar-refractivity contribution in [1.29, 1.82) is 0 Å². The molecule has 0 bridgehead atoms. The molecule has 1 saturated heterocycles. The van der Waals surface area contributed by atoms with E-state index in [1.807, 2.05) is 6.92 Å². The highest BCUT2D eigenvalue weighted by Crippen LogP contribution is 2.23. The molecule has 0 saturated carbocycles. The van der Waals surface area contributed by atoms with Crippen LogP contribution in [-0.4, -0.2) is 52.7 Å². The van der Waals surface area contributed by atoms with Crippen LogP contribution in [0, 0.1) is 0 Å². The molecular weight excluding hydrogens is 304 g/mol. The Balaban J connectivity index is 2.13. The van der Waals surface area contributed by atoms with Crippen molar-refractivity contribution in [2.45, 2.75) is 89.5 Å². The Bertz CT molecular complexity index is 385. The minimum atomic E-state index is -1.33. The number of hydrogen-bond donors (Lipinski definition) is 2. The number of ether oxygens (including phenoxy) is 2. The first-order chi connectivity index (χ1) is 10.8. The van der Waals surface area contributed by atoms with Gasteiger partial charge in [0.15, 0.2) is 6.29 Å². The molecule has 0 unspecified atom stereocenters. The van der Waals surface area contributed by atoms with Gasteiger partial charge in [-0.15, -0.1) is 0 Å². The van der Waals surface area contributed by atoms with Crippen LogP contribution in [0.2, 0.25) is 0 Å². The molecule has 0 amide bonds. The van der Waals surface area contributed by atoms with Gasteiger partial charge in [0.2, 0.25) is 0 Å². The van der Waals surface area contributed by atoms with E-state index in [4.69, 9.17) is 9.47 Å². The quantitative estimate of drug-likeness (QED) is 0.424. The first kappa shape index (κ1) is 20.0. The Morgan fingerprint density at radius 1 is 1.26 bits per heavy atom. The van der Waals surface area contributed by atoms with E-state index in [0.717, 1.165) is 19.3 Å². The second kappa shape index (κ2) is 9.97. The van der Waals surface area contributed by atoms with Crippen molar-refractivity contribution in [3.8, 4) is 0 Å². The molecule has 23 heavy (non-hydrogen) atoms. The monoisotopic (exact) mass is 331 g/mol. The Morgan fingerprint density at radius 2 is 1.96 bits per heavy atom. The number of ketones is 1. The number of unbranched alkanes of at least 4 members (excludes halogenated alkanes) is 2. The van der Waals surface area contributed by atoms with Gasteiger partial charge in [-0.3, -0.25) is 4.79 Å². The zero-order valence-electron chi connectivity index (χ0n) is 13.8. The van der Waals surface area contributed by atoms with Crippen molar-refractivity contribution in [3.05, 3.63) is 0 Å². The Hall–Kier alpha value is -1.02. The number of rotatable bonds is 10. The van der Waals surface area contributed by atoms with Gasteiger partial charge in [-0.05, 0) is 26.7 Å². The number of aliphatic carboxylic acids is 1. The van der Waals surface area contributed by atoms with Crippen LogP contribution < -0.4 is 5.11 Å². The molecule has 1 aliphatic rings. The number of aliphatic hydroxyl groups is 2. The molecule has 0 aromatic rings. The van der Waals surface area contributed by atoms with E-state index < -0.39 is 30.9 Å². The van der Waals surface area contributed by atoms with Gasteiger partial charge in [0, 0.05) is 25.2 Å². The lowest BCUT2D eigenvalue weighted by Gasteiger charge is -2.36. The fourth-order valence-corrected chi connectivity index (χ4v) is 2.54. The summed E-state index contributed by atoms with van der Waals surface area (Å²) in [5, 5.41) is 29.7. The smallest absolute Gasteiger partial charge is 0.184 e. The molecule has 1 fully saturated rings. The number of carboxylic acids is 1. The fourth-order valence-electron chi connectivity index (χ4n) is 2.54. The highest BCUT2D eigenvalue weighted by atomic mass is 16.7. The van der Waals surface area contributed by atoms with Gasteiger partial charge >= 0.3 is 0 Å². The maximum Gasteiger partial charge on any atom is 0.184 e. The van der Waals surface area contributed by atoms with Crippen molar-refractivity contribution >= 4 is 11.8 Å². The minimum Gasteiger partial charge on any atom is -0.550 e. The van der Waals surface area contributed by atoms with E-state index in [9.17, 15) is 24.9 Å². The number of Topliss-reactive ketones (excluding diaryl/α,β-unsaturated/α-hetero) is 1. The lowest BCUT2D eigenvalue weighted by Crippen LogP contribution is -2.48. The summed E-state index contributed by atoms with van der Waals surface area (Å²) in [6, 6.07) is 0. The minimum absolute atomic E-state index is 0.115. The molecule has 0 aromatic carbocycles. The van der Waals surface area contributed by atoms with Gasteiger partial charge in [0.1, 0.15) is 11.9 Å². The van der Waals surface area contributed by atoms with Crippen LogP contribution in [0.1, 0.15) is 58.8 Å². The number of hydrogen-bond acceptors (Lipinski definition) is 7. The largest absolute Gasteiger partial charge is 0.550 e. The molecule has 7 heteroatoms. The molecule has 0 spiro atoms. The van der Waals surface area contributed by atoms with Gasteiger partial charge in [-0.1, -0.05) is 12.8 Å². The van der Waals surface area contributed by atoms with Crippen molar-refractivity contribution in [2.75, 3.05) is 0 Å². The zero-order chi connectivity index (χ0) is 17.4. The SMILES string of the molecule is C[C@H](CCCCCC(=O)CC(=O)[O-])O[C@@H]1O[C@@H](C)[C@H](O)C[C@H]1O. The third-order valence-electron chi connectivity index (χ3n) is 3.96. The van der Waals surface area contributed by atoms with Crippen LogP contribution in [-0.2, 0) is 19.1 Å². The van der Waals surface area contributed by atoms with Crippen LogP contribution in [0.15, 0.2) is 0 Å². The lowest BCUT2D eigenvalue weighted by molar-refractivity contribution is -0.304. The Kier molecular flexibility index (Phi) is 8.68. The summed E-state index contributed by atoms with van der Waals surface area (Å²) in [4.78, 5) is 21.4. The topological polar surface area (TPSA) is 116 Å². The highest BCUT2D eigenvalue weighted by molar-refractivity contribution is 5.93. The summed E-state index contributed by atoms with van der Waals surface area (Å²) in [7, 11) is 0. The van der Waals surface area contributed by atoms with E-state index in [1.54, 1.807) is 6.92 Å². The van der Waals surface area contributed by atoms with Crippen LogP contribution in [0.25, 0.3) is 0 Å². The Labute approximate surface area is 136 Å². The summed E-state index contributed by atoms with van der Waals surface area (Å²) in [6.45, 7) is 3.62. The normalized spacial score (nSPS) is 29.2. The molecule has 1 aliphatic heterocycles. The average Bonchev–Trinajstić information content (AvgIpc) is 2.43. The molecule has 0 aromatic heterocycles. The number of carbonyl (C=O) groups excluding carboxylic acids is 2. The van der Waals surface area contributed by atoms with Crippen LogP contribution in [0.5, 0.6) is 0 Å². The van der Waals surface area contributed by atoms with Gasteiger partial charge in [-0.25, -0.2) is 0 Å². The Morgan fingerprint density at radius 3 is 2.61 bits per heavy atom. The summed E-state index contributed by atoms with van der Waals surface area (Å²) in [6.07, 6.45) is 0.265. The number of carbonyl (C=O) groups is 2. The third-order valence-corrected chi connectivity index (χ3v) is 3.96. The molecule has 7 nitrogen and oxygen atoms in total. The molecule has 1 rings (SSSR count). The molecule has 0 radical (unpaired) electrons. The standard InChI is InChI=1S/C16H28O7/c1-10(6-4-3-5-7-12(17)8-15(20)21)22-16-14(19)9-13(18)11(2)23-16/h10-11,13-14,16,18-19H,3-9H2,1-2H3,(H,20,21)/p-1/t10-,11+,13-,14-,16-/m1/s1. The zero-order valence-corrected chi connectivity index (χ0v) is 13.8. The first-order valence-corrected chi connectivity index (χ1v) is 8.18. The van der Waals surface area contributed by atoms with Gasteiger partial charge in [0.25, 0.3) is 0 Å². The number of carboxylic acid groups (broad SMARTS) is 1. The van der Waals surface area contributed by atoms with Gasteiger partial charge in [0.05, 0.1) is 18.3 Å². The first-order valence-electron chi connectivity index (χ1n) is 8.18. The highest BCUT2D eigenvalue weighted by Gasteiger charge is 2.35. The van der Waals surface area contributed by atoms with Gasteiger partial charge in [-0.2, -0.15) is 0 Å². The molecule has 134 valence electrons. The van der Waals surface area contributed by atoms with Crippen molar-refractivity contribution < 1.29 is 34.4 Å². The van der Waals surface area contributed by atoms with E-state index in [0.29, 0.717) is 6.42 Å². The predicted octanol–water partition coefficient (Wildman–Crippen LogP) is -0.0922. The maximum atomic E-state index is 11.2. The second-order valence-electron chi connectivity index (χ2n) is 6.21. The summed E-state index contributed by atoms with van der Waals surface area (Å²) < 4.78 is 11.1. The van der Waals surface area contributed by atoms with E-state index >= 15 is 0 Å². The van der Waals surface area contributed by atoms with Crippen molar-refractivity contribution in [3.63, 3.8) is 0 Å². The van der Waals surface area contributed by atoms with Crippen LogP contribution in [0.4, 0.5) is 0 Å². The molecular formula is C16H27O7-. The molecule has 2 N–H and O–H groups in total. The lowest BCUT2D eigenvalue weighted by atomic mass is 10.0. The maximum absolute atomic E-state index is 11.2. The van der Waals surface area contributed by atoms with Gasteiger partial charge < -0.3 is 29.6 Å². The molecule has 5 atom stereocenters. The average molecular weight is 331 g/mol. The van der Waals surface area contributed by atoms with E-state index in [2.05, 4.69) is 0 Å². The summed E-state index contributed by atoms with van der Waals surface area (Å²) in [5.41, 5.74) is 0. The fraction of sp³-hybridized carbons (Fsp3) is 0.875. The molecule has 0 aliphatic carbocycles. The number of aliphatic hydroxyl groups excluding tert-OH is 2. The third kappa shape index (κ3) is 7.87. The summed E-state index contributed by atoms with van der Waals surface area (Å²) >= 11 is 0. The van der Waals surface area contributed by atoms with Crippen molar-refractivity contribution in [2.24, 2.45) is 0 Å². The molecule has 1 heterocycles. The predicted molar refractivity (Wildman–Crippen MR) is 79.2 cm³/mol. The summed E-state index contributed by atoms with van der Waals surface area (Å²) in [5.74, 6) is -1.64.